The number of hydrogen-bond donors (Lipinski definition) is 1. The standard InChI is InChI=1S/C15H14F4N2O3/c1-2-24-14(23)10-7-21(20-13(10)15(17,18)19)8-12(22)9-5-3-4-6-11(9)16/h3-7,12,22H,2,8H2,1H3. The molecule has 24 heavy (non-hydrogen) atoms. The van der Waals surface area contributed by atoms with Gasteiger partial charge in [0.15, 0.2) is 5.69 Å². The van der Waals surface area contributed by atoms with E-state index in [0.717, 1.165) is 16.9 Å². The number of aromatic nitrogens is 2. The van der Waals surface area contributed by atoms with Gasteiger partial charge in [-0.15, -0.1) is 0 Å². The highest BCUT2D eigenvalue weighted by molar-refractivity contribution is 5.90. The van der Waals surface area contributed by atoms with Crippen LogP contribution in [0, 0.1) is 5.82 Å². The highest BCUT2D eigenvalue weighted by Gasteiger charge is 2.39. The van der Waals surface area contributed by atoms with Crippen molar-refractivity contribution in [3.05, 3.63) is 53.1 Å². The molecule has 1 atom stereocenters. The fraction of sp³-hybridized carbons (Fsp3) is 0.333. The molecule has 0 spiro atoms. The molecular weight excluding hydrogens is 332 g/mol. The predicted molar refractivity (Wildman–Crippen MR) is 74.5 cm³/mol. The van der Waals surface area contributed by atoms with Crippen molar-refractivity contribution in [3.63, 3.8) is 0 Å². The van der Waals surface area contributed by atoms with Gasteiger partial charge in [-0.3, -0.25) is 4.68 Å². The molecule has 0 radical (unpaired) electrons. The minimum atomic E-state index is -4.86. The Morgan fingerprint density at radius 1 is 1.38 bits per heavy atom. The largest absolute Gasteiger partial charge is 0.462 e. The molecular formula is C15H14F4N2O3. The van der Waals surface area contributed by atoms with E-state index in [1.54, 1.807) is 0 Å². The van der Waals surface area contributed by atoms with Gasteiger partial charge < -0.3 is 9.84 Å². The van der Waals surface area contributed by atoms with Crippen LogP contribution in [0.3, 0.4) is 0 Å². The van der Waals surface area contributed by atoms with Crippen LogP contribution in [0.15, 0.2) is 30.5 Å². The van der Waals surface area contributed by atoms with Crippen molar-refractivity contribution in [1.82, 2.24) is 9.78 Å². The van der Waals surface area contributed by atoms with Crippen molar-refractivity contribution in [2.24, 2.45) is 0 Å². The first-order valence-corrected chi connectivity index (χ1v) is 6.98. The summed E-state index contributed by atoms with van der Waals surface area (Å²) in [5, 5.41) is 13.3. The molecule has 2 aromatic rings. The predicted octanol–water partition coefficient (Wildman–Crippen LogP) is 2.95. The summed E-state index contributed by atoms with van der Waals surface area (Å²) in [6.45, 7) is 0.903. The van der Waals surface area contributed by atoms with Crippen LogP contribution in [0.1, 0.15) is 34.6 Å². The first-order valence-electron chi connectivity index (χ1n) is 6.98. The molecule has 2 rings (SSSR count). The van der Waals surface area contributed by atoms with Gasteiger partial charge in [0.25, 0.3) is 0 Å². The van der Waals surface area contributed by atoms with E-state index in [2.05, 4.69) is 9.84 Å². The number of carbonyl (C=O) groups excluding carboxylic acids is 1. The molecule has 0 amide bonds. The lowest BCUT2D eigenvalue weighted by Gasteiger charge is -2.11. The van der Waals surface area contributed by atoms with E-state index in [4.69, 9.17) is 0 Å². The molecule has 1 N–H and O–H groups in total. The molecule has 0 aliphatic heterocycles. The summed E-state index contributed by atoms with van der Waals surface area (Å²) in [5.41, 5.74) is -2.26. The third-order valence-corrected chi connectivity index (χ3v) is 3.15. The second kappa shape index (κ2) is 7.00. The number of aliphatic hydroxyl groups excluding tert-OH is 1. The second-order valence-corrected chi connectivity index (χ2v) is 4.87. The van der Waals surface area contributed by atoms with Crippen molar-refractivity contribution in [2.75, 3.05) is 6.61 Å². The number of esters is 1. The number of ether oxygens (including phenoxy) is 1. The van der Waals surface area contributed by atoms with Gasteiger partial charge in [-0.05, 0) is 13.0 Å². The highest BCUT2D eigenvalue weighted by atomic mass is 19.4. The van der Waals surface area contributed by atoms with Gasteiger partial charge in [0.1, 0.15) is 17.5 Å². The van der Waals surface area contributed by atoms with Gasteiger partial charge in [-0.2, -0.15) is 18.3 Å². The van der Waals surface area contributed by atoms with Crippen molar-refractivity contribution >= 4 is 5.97 Å². The van der Waals surface area contributed by atoms with Crippen LogP contribution < -0.4 is 0 Å². The van der Waals surface area contributed by atoms with Gasteiger partial charge in [0.2, 0.25) is 0 Å². The minimum absolute atomic E-state index is 0.0840. The van der Waals surface area contributed by atoms with Crippen LogP contribution >= 0.6 is 0 Å². The maximum atomic E-state index is 13.6. The van der Waals surface area contributed by atoms with Crippen LogP contribution in [-0.2, 0) is 17.5 Å². The first-order chi connectivity index (χ1) is 11.2. The normalized spacial score (nSPS) is 12.9. The number of nitrogens with zero attached hydrogens (tertiary/aromatic N) is 2. The van der Waals surface area contributed by atoms with Crippen LogP contribution in [0.4, 0.5) is 17.6 Å². The fourth-order valence-electron chi connectivity index (χ4n) is 2.10. The van der Waals surface area contributed by atoms with Gasteiger partial charge in [0, 0.05) is 11.8 Å². The first kappa shape index (κ1) is 17.9. The monoisotopic (exact) mass is 346 g/mol. The molecule has 130 valence electrons. The van der Waals surface area contributed by atoms with Crippen molar-refractivity contribution in [1.29, 1.82) is 0 Å². The average molecular weight is 346 g/mol. The van der Waals surface area contributed by atoms with Crippen LogP contribution in [-0.4, -0.2) is 27.5 Å². The zero-order chi connectivity index (χ0) is 17.9. The summed E-state index contributed by atoms with van der Waals surface area (Å²) >= 11 is 0. The maximum absolute atomic E-state index is 13.6. The topological polar surface area (TPSA) is 64.3 Å². The van der Waals surface area contributed by atoms with Crippen LogP contribution in [0.2, 0.25) is 0 Å². The van der Waals surface area contributed by atoms with E-state index >= 15 is 0 Å². The van der Waals surface area contributed by atoms with Gasteiger partial charge in [0.05, 0.1) is 13.2 Å². The molecule has 0 aliphatic rings. The third kappa shape index (κ3) is 3.91. The van der Waals surface area contributed by atoms with Crippen molar-refractivity contribution < 1.29 is 32.2 Å². The van der Waals surface area contributed by atoms with E-state index in [9.17, 15) is 27.5 Å². The van der Waals surface area contributed by atoms with E-state index in [0.29, 0.717) is 0 Å². The van der Waals surface area contributed by atoms with Gasteiger partial charge in [-0.25, -0.2) is 9.18 Å². The lowest BCUT2D eigenvalue weighted by atomic mass is 10.1. The zero-order valence-corrected chi connectivity index (χ0v) is 12.5. The van der Waals surface area contributed by atoms with Gasteiger partial charge >= 0.3 is 12.1 Å². The van der Waals surface area contributed by atoms with E-state index < -0.39 is 41.9 Å². The Balaban J connectivity index is 2.31. The SMILES string of the molecule is CCOC(=O)c1cn(CC(O)c2ccccc2F)nc1C(F)(F)F. The van der Waals surface area contributed by atoms with Gasteiger partial charge in [-0.1, -0.05) is 18.2 Å². The quantitative estimate of drug-likeness (QED) is 0.668. The Hall–Kier alpha value is -2.42. The number of hydrogen-bond acceptors (Lipinski definition) is 4. The average Bonchev–Trinajstić information content (AvgIpc) is 2.92. The summed E-state index contributed by atoms with van der Waals surface area (Å²) in [7, 11) is 0. The maximum Gasteiger partial charge on any atom is 0.436 e. The summed E-state index contributed by atoms with van der Waals surface area (Å²) < 4.78 is 57.9. The van der Waals surface area contributed by atoms with E-state index in [1.807, 2.05) is 0 Å². The summed E-state index contributed by atoms with van der Waals surface area (Å²) in [6, 6.07) is 5.32. The Morgan fingerprint density at radius 3 is 2.62 bits per heavy atom. The molecule has 1 unspecified atom stereocenters. The molecule has 0 bridgehead atoms. The van der Waals surface area contributed by atoms with Crippen molar-refractivity contribution in [2.45, 2.75) is 25.7 Å². The number of rotatable bonds is 5. The van der Waals surface area contributed by atoms with E-state index in [1.165, 1.54) is 25.1 Å². The molecule has 0 saturated carbocycles. The number of carbonyl (C=O) groups is 1. The molecule has 0 aliphatic carbocycles. The Bertz CT molecular complexity index is 728. The fourth-order valence-corrected chi connectivity index (χ4v) is 2.10. The summed E-state index contributed by atoms with van der Waals surface area (Å²) in [5.74, 6) is -1.87. The number of aliphatic hydroxyl groups is 1. The Morgan fingerprint density at radius 2 is 2.04 bits per heavy atom. The molecule has 5 nitrogen and oxygen atoms in total. The Labute approximate surface area is 134 Å². The molecule has 1 aromatic heterocycles. The highest BCUT2D eigenvalue weighted by Crippen LogP contribution is 2.31. The number of alkyl halides is 3. The van der Waals surface area contributed by atoms with Crippen LogP contribution in [0.25, 0.3) is 0 Å². The van der Waals surface area contributed by atoms with Crippen molar-refractivity contribution in [3.8, 4) is 0 Å². The summed E-state index contributed by atoms with van der Waals surface area (Å²) in [6.07, 6.45) is -5.47. The Kier molecular flexibility index (Phi) is 5.23. The second-order valence-electron chi connectivity index (χ2n) is 4.87. The smallest absolute Gasteiger partial charge is 0.436 e. The molecule has 0 fully saturated rings. The van der Waals surface area contributed by atoms with Crippen LogP contribution in [0.5, 0.6) is 0 Å². The van der Waals surface area contributed by atoms with E-state index in [-0.39, 0.29) is 12.2 Å². The number of benzene rings is 1. The molecule has 1 heterocycles. The zero-order valence-electron chi connectivity index (χ0n) is 12.5. The number of halogens is 4. The molecule has 9 heteroatoms. The lowest BCUT2D eigenvalue weighted by molar-refractivity contribution is -0.142. The summed E-state index contributed by atoms with van der Waals surface area (Å²) in [4.78, 5) is 11.6. The lowest BCUT2D eigenvalue weighted by Crippen LogP contribution is -2.15. The molecule has 0 saturated heterocycles. The molecule has 1 aromatic carbocycles. The minimum Gasteiger partial charge on any atom is -0.462 e. The third-order valence-electron chi connectivity index (χ3n) is 3.15.